The Hall–Kier alpha value is -1.91. The standard InChI is InChI=1S/C15H16ClIN4O7S2/c1-7(22)28-15(16,6-17)11-8(12(18)23)5-29-13(11)30(24,25)21-14-19-9(26-2)4-10(20-14)27-3/h4-5H,6H2,1-3H3,(H2,18,23)(H,19,20,21). The van der Waals surface area contributed by atoms with Crippen molar-refractivity contribution in [3.63, 3.8) is 0 Å². The van der Waals surface area contributed by atoms with Crippen LogP contribution < -0.4 is 19.9 Å². The lowest BCUT2D eigenvalue weighted by atomic mass is 10.1. The number of halogens is 2. The van der Waals surface area contributed by atoms with Crippen LogP contribution in [0, 0.1) is 0 Å². The van der Waals surface area contributed by atoms with Gasteiger partial charge in [0.15, 0.2) is 0 Å². The molecule has 0 radical (unpaired) electrons. The normalized spacial score (nSPS) is 13.2. The number of esters is 1. The molecule has 2 aromatic rings. The Morgan fingerprint density at radius 1 is 1.30 bits per heavy atom. The molecule has 1 amide bonds. The first-order valence-corrected chi connectivity index (χ1v) is 12.1. The minimum Gasteiger partial charge on any atom is -0.481 e. The van der Waals surface area contributed by atoms with Gasteiger partial charge in [0.2, 0.25) is 28.7 Å². The number of nitrogens with zero attached hydrogens (tertiary/aromatic N) is 2. The van der Waals surface area contributed by atoms with Crippen LogP contribution in [0.1, 0.15) is 22.8 Å². The Labute approximate surface area is 194 Å². The molecule has 0 saturated heterocycles. The molecule has 30 heavy (non-hydrogen) atoms. The highest BCUT2D eigenvalue weighted by atomic mass is 127. The molecular formula is C15H16ClIN4O7S2. The van der Waals surface area contributed by atoms with Crippen molar-refractivity contribution in [1.29, 1.82) is 0 Å². The summed E-state index contributed by atoms with van der Waals surface area (Å²) in [6.45, 7) is 1.10. The Morgan fingerprint density at radius 3 is 2.30 bits per heavy atom. The predicted octanol–water partition coefficient (Wildman–Crippen LogP) is 1.84. The van der Waals surface area contributed by atoms with Crippen LogP contribution in [0.25, 0.3) is 0 Å². The van der Waals surface area contributed by atoms with Gasteiger partial charge in [-0.2, -0.15) is 9.97 Å². The van der Waals surface area contributed by atoms with Crippen molar-refractivity contribution in [3.05, 3.63) is 22.6 Å². The van der Waals surface area contributed by atoms with Crippen molar-refractivity contribution in [2.24, 2.45) is 5.73 Å². The summed E-state index contributed by atoms with van der Waals surface area (Å²) in [4.78, 5) is 31.2. The molecule has 0 aliphatic rings. The molecular weight excluding hydrogens is 575 g/mol. The van der Waals surface area contributed by atoms with E-state index >= 15 is 0 Å². The number of anilines is 1. The summed E-state index contributed by atoms with van der Waals surface area (Å²) in [5, 5.41) is -0.736. The molecule has 0 bridgehead atoms. The molecule has 2 rings (SSSR count). The number of thiophene rings is 1. The molecule has 15 heteroatoms. The van der Waals surface area contributed by atoms with Crippen LogP contribution in [0.2, 0.25) is 0 Å². The van der Waals surface area contributed by atoms with E-state index in [0.717, 1.165) is 6.92 Å². The maximum absolute atomic E-state index is 13.1. The van der Waals surface area contributed by atoms with Crippen LogP contribution in [-0.4, -0.2) is 48.9 Å². The Morgan fingerprint density at radius 2 is 1.87 bits per heavy atom. The molecule has 3 N–H and O–H groups in total. The Bertz CT molecular complexity index is 1060. The molecule has 0 spiro atoms. The molecule has 2 heterocycles. The molecule has 0 aliphatic heterocycles. The number of carbonyl (C=O) groups is 2. The number of amides is 1. The van der Waals surface area contributed by atoms with E-state index in [2.05, 4.69) is 14.7 Å². The highest BCUT2D eigenvalue weighted by Gasteiger charge is 2.42. The number of methoxy groups -OCH3 is 2. The number of ether oxygens (including phenoxy) is 3. The van der Waals surface area contributed by atoms with E-state index < -0.39 is 31.2 Å². The van der Waals surface area contributed by atoms with Gasteiger partial charge >= 0.3 is 5.97 Å². The van der Waals surface area contributed by atoms with Gasteiger partial charge < -0.3 is 19.9 Å². The quantitative estimate of drug-likeness (QED) is 0.252. The number of nitrogens with two attached hydrogens (primary N) is 1. The van der Waals surface area contributed by atoms with Crippen molar-refractivity contribution >= 4 is 73.4 Å². The maximum atomic E-state index is 13.1. The minimum atomic E-state index is -4.39. The van der Waals surface area contributed by atoms with Crippen molar-refractivity contribution < 1.29 is 32.2 Å². The van der Waals surface area contributed by atoms with Crippen LogP contribution in [0.4, 0.5) is 5.95 Å². The minimum absolute atomic E-state index is 0.0441. The van der Waals surface area contributed by atoms with Crippen molar-refractivity contribution in [2.75, 3.05) is 23.4 Å². The summed E-state index contributed by atoms with van der Waals surface area (Å²) in [6.07, 6.45) is 0. The topological polar surface area (TPSA) is 160 Å². The molecule has 11 nitrogen and oxygen atoms in total. The number of alkyl halides is 2. The average molecular weight is 591 g/mol. The van der Waals surface area contributed by atoms with Gasteiger partial charge in [-0.05, 0) is 0 Å². The van der Waals surface area contributed by atoms with Crippen LogP contribution in [-0.2, 0) is 24.6 Å². The van der Waals surface area contributed by atoms with Gasteiger partial charge in [0.1, 0.15) is 4.21 Å². The smallest absolute Gasteiger partial charge is 0.304 e. The van der Waals surface area contributed by atoms with Gasteiger partial charge in [0, 0.05) is 12.3 Å². The van der Waals surface area contributed by atoms with Crippen LogP contribution in [0.3, 0.4) is 0 Å². The van der Waals surface area contributed by atoms with Crippen molar-refractivity contribution in [1.82, 2.24) is 9.97 Å². The summed E-state index contributed by atoms with van der Waals surface area (Å²) in [6, 6.07) is 1.35. The summed E-state index contributed by atoms with van der Waals surface area (Å²) in [5.74, 6) is -1.98. The van der Waals surface area contributed by atoms with Gasteiger partial charge in [-0.15, -0.1) is 11.3 Å². The molecule has 0 saturated carbocycles. The summed E-state index contributed by atoms with van der Waals surface area (Å²) in [5.41, 5.74) is 4.92. The number of aromatic nitrogens is 2. The number of rotatable bonds is 9. The Kier molecular flexibility index (Phi) is 7.70. The number of sulfonamides is 1. The second-order valence-corrected chi connectivity index (χ2v) is 9.64. The van der Waals surface area contributed by atoms with Gasteiger partial charge in [-0.1, -0.05) is 34.2 Å². The van der Waals surface area contributed by atoms with E-state index in [1.54, 1.807) is 22.6 Å². The summed E-state index contributed by atoms with van der Waals surface area (Å²) < 4.78 is 43.0. The zero-order valence-corrected chi connectivity index (χ0v) is 20.3. The van der Waals surface area contributed by atoms with Crippen LogP contribution in [0.5, 0.6) is 11.8 Å². The van der Waals surface area contributed by atoms with E-state index in [-0.39, 0.29) is 33.3 Å². The number of hydrogen-bond donors (Lipinski definition) is 2. The van der Waals surface area contributed by atoms with E-state index in [1.807, 2.05) is 0 Å². The van der Waals surface area contributed by atoms with E-state index in [0.29, 0.717) is 11.3 Å². The monoisotopic (exact) mass is 590 g/mol. The molecule has 0 aromatic carbocycles. The largest absolute Gasteiger partial charge is 0.481 e. The molecule has 1 unspecified atom stereocenters. The van der Waals surface area contributed by atoms with E-state index in [1.165, 1.54) is 25.7 Å². The van der Waals surface area contributed by atoms with E-state index in [9.17, 15) is 18.0 Å². The maximum Gasteiger partial charge on any atom is 0.304 e. The van der Waals surface area contributed by atoms with Crippen LogP contribution >= 0.6 is 45.5 Å². The van der Waals surface area contributed by atoms with Gasteiger partial charge in [0.25, 0.3) is 10.0 Å². The number of primary amides is 1. The lowest BCUT2D eigenvalue weighted by Crippen LogP contribution is -2.32. The fourth-order valence-corrected chi connectivity index (χ4v) is 5.82. The second-order valence-electron chi connectivity index (χ2n) is 5.51. The molecule has 164 valence electrons. The van der Waals surface area contributed by atoms with Gasteiger partial charge in [0.05, 0.1) is 35.8 Å². The number of carbonyl (C=O) groups excluding carboxylic acids is 2. The van der Waals surface area contributed by atoms with Crippen molar-refractivity contribution in [2.45, 2.75) is 16.2 Å². The fourth-order valence-electron chi connectivity index (χ4n) is 2.27. The molecule has 1 atom stereocenters. The second kappa shape index (κ2) is 9.49. The SMILES string of the molecule is COc1cc(OC)nc(NS(=O)(=O)c2scc(C(N)=O)c2C(Cl)(CI)OC(C)=O)n1. The Balaban J connectivity index is 2.63. The third-order valence-electron chi connectivity index (χ3n) is 3.44. The summed E-state index contributed by atoms with van der Waals surface area (Å²) >= 11 is 8.90. The fraction of sp³-hybridized carbons (Fsp3) is 0.333. The third-order valence-corrected chi connectivity index (χ3v) is 8.23. The van der Waals surface area contributed by atoms with Crippen molar-refractivity contribution in [3.8, 4) is 11.8 Å². The first kappa shape index (κ1) is 24.4. The first-order valence-electron chi connectivity index (χ1n) is 7.83. The van der Waals surface area contributed by atoms with Gasteiger partial charge in [-0.3, -0.25) is 9.59 Å². The third kappa shape index (κ3) is 5.22. The highest BCUT2D eigenvalue weighted by Crippen LogP contribution is 2.42. The zero-order valence-electron chi connectivity index (χ0n) is 15.8. The average Bonchev–Trinajstić information content (AvgIpc) is 3.14. The predicted molar refractivity (Wildman–Crippen MR) is 117 cm³/mol. The van der Waals surface area contributed by atoms with Crippen LogP contribution in [0.15, 0.2) is 15.7 Å². The molecule has 0 aliphatic carbocycles. The molecule has 0 fully saturated rings. The lowest BCUT2D eigenvalue weighted by molar-refractivity contribution is -0.148. The summed E-state index contributed by atoms with van der Waals surface area (Å²) in [7, 11) is -1.73. The zero-order chi connectivity index (χ0) is 22.7. The van der Waals surface area contributed by atoms with Gasteiger partial charge in [-0.25, -0.2) is 13.1 Å². The highest BCUT2D eigenvalue weighted by molar-refractivity contribution is 14.1. The van der Waals surface area contributed by atoms with E-state index in [4.69, 9.17) is 31.5 Å². The lowest BCUT2D eigenvalue weighted by Gasteiger charge is -2.26. The number of nitrogens with one attached hydrogen (secondary N) is 1. The molecule has 2 aromatic heterocycles. The number of hydrogen-bond acceptors (Lipinski definition) is 10. The first-order chi connectivity index (χ1) is 14.0.